The second-order valence-corrected chi connectivity index (χ2v) is 10.7. The van der Waals surface area contributed by atoms with Gasteiger partial charge >= 0.3 is 0 Å². The molecule has 1 saturated heterocycles. The Bertz CT molecular complexity index is 1340. The molecular weight excluding hydrogens is 485 g/mol. The number of anilines is 1. The molecule has 1 aliphatic rings. The molecule has 1 fully saturated rings. The first-order chi connectivity index (χ1) is 16.6. The van der Waals surface area contributed by atoms with E-state index in [9.17, 15) is 21.6 Å². The predicted molar refractivity (Wildman–Crippen MR) is 124 cm³/mol. The lowest BCUT2D eigenvalue weighted by Crippen LogP contribution is -2.39. The zero-order valence-electron chi connectivity index (χ0n) is 19.4. The van der Waals surface area contributed by atoms with Gasteiger partial charge in [-0.25, -0.2) is 36.5 Å². The number of benzene rings is 1. The number of nitrogens with one attached hydrogen (secondary N) is 1. The summed E-state index contributed by atoms with van der Waals surface area (Å²) in [7, 11) is -0.236. The molecule has 4 rings (SSSR count). The van der Waals surface area contributed by atoms with Crippen LogP contribution < -0.4 is 10.1 Å². The van der Waals surface area contributed by atoms with Gasteiger partial charge < -0.3 is 14.8 Å². The molecule has 12 heteroatoms. The van der Waals surface area contributed by atoms with Gasteiger partial charge in [0.15, 0.2) is 9.84 Å². The minimum Gasteiger partial charge on any atom is -0.479 e. The van der Waals surface area contributed by atoms with Gasteiger partial charge in [0.2, 0.25) is 5.88 Å². The number of alkyl halides is 2. The highest BCUT2D eigenvalue weighted by Gasteiger charge is 2.41. The molecule has 1 N–H and O–H groups in total. The number of hydrogen-bond donors (Lipinski definition) is 1. The lowest BCUT2D eigenvalue weighted by atomic mass is 9.91. The van der Waals surface area contributed by atoms with Crippen LogP contribution in [-0.4, -0.2) is 49.1 Å². The van der Waals surface area contributed by atoms with E-state index in [1.807, 2.05) is 0 Å². The molecule has 0 radical (unpaired) electrons. The lowest BCUT2D eigenvalue weighted by Gasteiger charge is -2.35. The largest absolute Gasteiger partial charge is 0.479 e. The molecule has 188 valence electrons. The number of rotatable bonds is 7. The highest BCUT2D eigenvalue weighted by atomic mass is 32.2. The number of nitrogens with zero attached hydrogens (tertiary/aromatic N) is 3. The average Bonchev–Trinajstić information content (AvgIpc) is 2.84. The molecule has 3 heterocycles. The van der Waals surface area contributed by atoms with E-state index in [1.165, 1.54) is 32.7 Å². The van der Waals surface area contributed by atoms with E-state index in [0.717, 1.165) is 6.07 Å². The fourth-order valence-corrected chi connectivity index (χ4v) is 5.80. The van der Waals surface area contributed by atoms with Crippen molar-refractivity contribution in [3.05, 3.63) is 53.2 Å². The maximum absolute atomic E-state index is 14.7. The normalized spacial score (nSPS) is 17.9. The number of aromatic nitrogens is 3. The van der Waals surface area contributed by atoms with Gasteiger partial charge in [-0.2, -0.15) is 0 Å². The number of fused-ring (bicyclic) bond motifs is 1. The van der Waals surface area contributed by atoms with Crippen LogP contribution in [0.25, 0.3) is 10.9 Å². The van der Waals surface area contributed by atoms with Gasteiger partial charge in [-0.3, -0.25) is 0 Å². The monoisotopic (exact) mass is 510 g/mol. The van der Waals surface area contributed by atoms with Crippen LogP contribution in [0.15, 0.2) is 30.6 Å². The third-order valence-corrected chi connectivity index (χ3v) is 8.04. The fraction of sp³-hybridized carbons (Fsp3) is 0.435. The van der Waals surface area contributed by atoms with Gasteiger partial charge in [-0.05, 0) is 25.8 Å². The Kier molecular flexibility index (Phi) is 6.87. The van der Waals surface area contributed by atoms with Crippen LogP contribution in [0.1, 0.15) is 49.1 Å². The Balaban J connectivity index is 1.78. The maximum Gasteiger partial charge on any atom is 0.266 e. The van der Waals surface area contributed by atoms with E-state index < -0.39 is 39.3 Å². The fourth-order valence-electron chi connectivity index (χ4n) is 4.31. The highest BCUT2D eigenvalue weighted by Crippen LogP contribution is 2.40. The van der Waals surface area contributed by atoms with Gasteiger partial charge in [-0.15, -0.1) is 0 Å². The summed E-state index contributed by atoms with van der Waals surface area (Å²) < 4.78 is 76.3. The van der Waals surface area contributed by atoms with Crippen LogP contribution in [0, 0.1) is 5.82 Å². The molecule has 8 nitrogen and oxygen atoms in total. The first-order valence-electron chi connectivity index (χ1n) is 10.9. The summed E-state index contributed by atoms with van der Waals surface area (Å²) >= 11 is 0. The summed E-state index contributed by atoms with van der Waals surface area (Å²) in [5, 5.41) is 3.56. The Hall–Kier alpha value is -2.99. The van der Waals surface area contributed by atoms with Crippen LogP contribution in [0.2, 0.25) is 0 Å². The lowest BCUT2D eigenvalue weighted by molar-refractivity contribution is -0.0269. The number of ether oxygens (including phenoxy) is 2. The van der Waals surface area contributed by atoms with Gasteiger partial charge in [0.1, 0.15) is 29.1 Å². The van der Waals surface area contributed by atoms with Gasteiger partial charge in [0.25, 0.3) is 6.43 Å². The van der Waals surface area contributed by atoms with E-state index in [1.54, 1.807) is 13.0 Å². The number of hydrogen-bond acceptors (Lipinski definition) is 8. The smallest absolute Gasteiger partial charge is 0.266 e. The van der Waals surface area contributed by atoms with Crippen molar-refractivity contribution < 1.29 is 31.1 Å². The molecule has 0 spiro atoms. The second-order valence-electron chi connectivity index (χ2n) is 8.40. The minimum absolute atomic E-state index is 0.0456. The standard InChI is InChI=1S/C23H25F3N4O4S/c1-13(14-5-4-6-15(18(14)24)20(25)26)29-21-16-11-17(30-22(33-2)19(16)27-12-28-21)23(34-3)7-9-35(31,32)10-8-23/h4-6,11-13,20H,7-10H2,1-3H3,(H,27,28,29). The molecular formula is C23H25F3N4O4S. The average molecular weight is 511 g/mol. The van der Waals surface area contributed by atoms with E-state index in [0.29, 0.717) is 22.4 Å². The summed E-state index contributed by atoms with van der Waals surface area (Å²) in [4.78, 5) is 13.1. The van der Waals surface area contributed by atoms with E-state index >= 15 is 0 Å². The van der Waals surface area contributed by atoms with E-state index in [4.69, 9.17) is 9.47 Å². The second kappa shape index (κ2) is 9.57. The van der Waals surface area contributed by atoms with Crippen molar-refractivity contribution in [1.29, 1.82) is 0 Å². The molecule has 0 aliphatic carbocycles. The predicted octanol–water partition coefficient (Wildman–Crippen LogP) is 4.33. The van der Waals surface area contributed by atoms with Crippen molar-refractivity contribution in [3.63, 3.8) is 0 Å². The molecule has 1 aromatic carbocycles. The van der Waals surface area contributed by atoms with E-state index in [2.05, 4.69) is 20.3 Å². The summed E-state index contributed by atoms with van der Waals surface area (Å²) in [6, 6.07) is 4.83. The van der Waals surface area contributed by atoms with Crippen molar-refractivity contribution in [2.24, 2.45) is 0 Å². The van der Waals surface area contributed by atoms with E-state index in [-0.39, 0.29) is 35.8 Å². The summed E-state index contributed by atoms with van der Waals surface area (Å²) in [6.07, 6.45) is -1.23. The molecule has 1 aliphatic heterocycles. The molecule has 35 heavy (non-hydrogen) atoms. The number of methoxy groups -OCH3 is 2. The third-order valence-electron chi connectivity index (χ3n) is 6.39. The van der Waals surface area contributed by atoms with Crippen molar-refractivity contribution in [3.8, 4) is 5.88 Å². The van der Waals surface area contributed by atoms with Gasteiger partial charge in [0, 0.05) is 12.7 Å². The quantitative estimate of drug-likeness (QED) is 0.501. The van der Waals surface area contributed by atoms with Gasteiger partial charge in [-0.1, -0.05) is 18.2 Å². The molecule has 1 atom stereocenters. The Morgan fingerprint density at radius 3 is 2.43 bits per heavy atom. The Morgan fingerprint density at radius 2 is 1.80 bits per heavy atom. The summed E-state index contributed by atoms with van der Waals surface area (Å²) in [6.45, 7) is 1.63. The summed E-state index contributed by atoms with van der Waals surface area (Å²) in [5.74, 6) is -0.582. The molecule has 0 amide bonds. The van der Waals surface area contributed by atoms with Crippen LogP contribution in [0.5, 0.6) is 5.88 Å². The molecule has 3 aromatic rings. The van der Waals surface area contributed by atoms with Crippen LogP contribution in [0.4, 0.5) is 19.0 Å². The first kappa shape index (κ1) is 25.1. The SMILES string of the molecule is COc1nc(C2(OC)CCS(=O)(=O)CC2)cc2c(NC(C)c3cccc(C(F)F)c3F)ncnc12. The highest BCUT2D eigenvalue weighted by molar-refractivity contribution is 7.91. The van der Waals surface area contributed by atoms with Crippen molar-refractivity contribution in [2.45, 2.75) is 37.8 Å². The van der Waals surface area contributed by atoms with Crippen LogP contribution in [-0.2, 0) is 20.2 Å². The van der Waals surface area contributed by atoms with Crippen molar-refractivity contribution >= 4 is 26.6 Å². The molecule has 0 bridgehead atoms. The van der Waals surface area contributed by atoms with Crippen LogP contribution in [0.3, 0.4) is 0 Å². The number of halogens is 3. The van der Waals surface area contributed by atoms with Crippen molar-refractivity contribution in [1.82, 2.24) is 15.0 Å². The maximum atomic E-state index is 14.7. The Morgan fingerprint density at radius 1 is 1.11 bits per heavy atom. The zero-order valence-corrected chi connectivity index (χ0v) is 20.2. The molecule has 1 unspecified atom stereocenters. The summed E-state index contributed by atoms with van der Waals surface area (Å²) in [5.41, 5.74) is -0.746. The Labute approximate surface area is 200 Å². The first-order valence-corrected chi connectivity index (χ1v) is 12.7. The zero-order chi connectivity index (χ0) is 25.4. The molecule has 0 saturated carbocycles. The third kappa shape index (κ3) is 4.76. The topological polar surface area (TPSA) is 103 Å². The number of sulfone groups is 1. The minimum atomic E-state index is -3.16. The van der Waals surface area contributed by atoms with Gasteiger partial charge in [0.05, 0.1) is 41.3 Å². The molecule has 2 aromatic heterocycles. The number of pyridine rings is 1. The van der Waals surface area contributed by atoms with Crippen LogP contribution >= 0.6 is 0 Å². The van der Waals surface area contributed by atoms with Crippen molar-refractivity contribution in [2.75, 3.05) is 31.0 Å².